The highest BCUT2D eigenvalue weighted by Crippen LogP contribution is 2.44. The summed E-state index contributed by atoms with van der Waals surface area (Å²) in [6.07, 6.45) is 0. The lowest BCUT2D eigenvalue weighted by Gasteiger charge is -2.33. The molecule has 0 aliphatic carbocycles. The molecule has 2 unspecified atom stereocenters. The Morgan fingerprint density at radius 3 is 2.64 bits per heavy atom. The molecule has 0 amide bonds. The second kappa shape index (κ2) is 6.99. The number of benzene rings is 2. The lowest BCUT2D eigenvalue weighted by atomic mass is 9.81. The van der Waals surface area contributed by atoms with E-state index in [0.717, 1.165) is 5.75 Å². The SMILES string of the molecule is O=C(O)CNCC1CSc2ccccc2C1c1ccccc1. The van der Waals surface area contributed by atoms with Crippen molar-refractivity contribution in [2.24, 2.45) is 5.92 Å². The first-order valence-corrected chi connectivity index (χ1v) is 8.43. The van der Waals surface area contributed by atoms with E-state index in [0.29, 0.717) is 18.4 Å². The Bertz CT molecular complexity index is 645. The summed E-state index contributed by atoms with van der Waals surface area (Å²) in [6.45, 7) is 0.734. The first kappa shape index (κ1) is 15.1. The van der Waals surface area contributed by atoms with Gasteiger partial charge in [0, 0.05) is 23.1 Å². The molecule has 1 aliphatic heterocycles. The molecular weight excluding hydrogens is 294 g/mol. The van der Waals surface area contributed by atoms with Crippen molar-refractivity contribution in [2.45, 2.75) is 10.8 Å². The van der Waals surface area contributed by atoms with Crippen LogP contribution in [0.5, 0.6) is 0 Å². The predicted octanol–water partition coefficient (Wildman–Crippen LogP) is 3.21. The number of carbonyl (C=O) groups is 1. The van der Waals surface area contributed by atoms with Crippen molar-refractivity contribution in [2.75, 3.05) is 18.8 Å². The molecule has 0 saturated heterocycles. The summed E-state index contributed by atoms with van der Waals surface area (Å²) < 4.78 is 0. The number of carboxylic acids is 1. The third kappa shape index (κ3) is 3.34. The maximum Gasteiger partial charge on any atom is 0.317 e. The number of aliphatic carboxylic acids is 1. The minimum atomic E-state index is -0.805. The fraction of sp³-hybridized carbons (Fsp3) is 0.278. The molecule has 2 N–H and O–H groups in total. The molecule has 0 aromatic heterocycles. The van der Waals surface area contributed by atoms with Gasteiger partial charge in [-0.25, -0.2) is 0 Å². The zero-order valence-corrected chi connectivity index (χ0v) is 13.1. The number of fused-ring (bicyclic) bond motifs is 1. The molecule has 114 valence electrons. The monoisotopic (exact) mass is 313 g/mol. The van der Waals surface area contributed by atoms with Gasteiger partial charge in [-0.05, 0) is 23.1 Å². The molecule has 22 heavy (non-hydrogen) atoms. The molecule has 2 atom stereocenters. The van der Waals surface area contributed by atoms with E-state index in [-0.39, 0.29) is 6.54 Å². The average Bonchev–Trinajstić information content (AvgIpc) is 2.55. The van der Waals surface area contributed by atoms with Gasteiger partial charge in [-0.2, -0.15) is 0 Å². The van der Waals surface area contributed by atoms with Crippen LogP contribution < -0.4 is 5.32 Å². The standard InChI is InChI=1S/C18H19NO2S/c20-17(21)11-19-10-14-12-22-16-9-5-4-8-15(16)18(14)13-6-2-1-3-7-13/h1-9,14,18-19H,10-12H2,(H,20,21). The Kier molecular flexibility index (Phi) is 4.80. The third-order valence-electron chi connectivity index (χ3n) is 4.02. The molecule has 0 radical (unpaired) electrons. The predicted molar refractivity (Wildman–Crippen MR) is 89.4 cm³/mol. The Hall–Kier alpha value is -1.78. The lowest BCUT2D eigenvalue weighted by molar-refractivity contribution is -0.135. The number of hydrogen-bond acceptors (Lipinski definition) is 3. The lowest BCUT2D eigenvalue weighted by Crippen LogP contribution is -2.34. The molecule has 4 heteroatoms. The fourth-order valence-electron chi connectivity index (χ4n) is 3.07. The Balaban J connectivity index is 1.88. The topological polar surface area (TPSA) is 49.3 Å². The Morgan fingerprint density at radius 1 is 1.14 bits per heavy atom. The van der Waals surface area contributed by atoms with Crippen LogP contribution >= 0.6 is 11.8 Å². The van der Waals surface area contributed by atoms with E-state index in [2.05, 4.69) is 53.8 Å². The zero-order valence-electron chi connectivity index (χ0n) is 12.2. The van der Waals surface area contributed by atoms with Crippen molar-refractivity contribution in [1.29, 1.82) is 0 Å². The van der Waals surface area contributed by atoms with Gasteiger partial charge in [-0.1, -0.05) is 48.5 Å². The molecule has 3 nitrogen and oxygen atoms in total. The van der Waals surface area contributed by atoms with Gasteiger partial charge in [0.25, 0.3) is 0 Å². The van der Waals surface area contributed by atoms with Crippen molar-refractivity contribution in [1.82, 2.24) is 5.32 Å². The van der Waals surface area contributed by atoms with Crippen LogP contribution in [0.2, 0.25) is 0 Å². The summed E-state index contributed by atoms with van der Waals surface area (Å²) in [4.78, 5) is 12.1. The summed E-state index contributed by atoms with van der Waals surface area (Å²) in [5, 5.41) is 11.9. The first-order chi connectivity index (χ1) is 10.8. The van der Waals surface area contributed by atoms with Crippen molar-refractivity contribution in [3.05, 3.63) is 65.7 Å². The highest BCUT2D eigenvalue weighted by molar-refractivity contribution is 7.99. The van der Waals surface area contributed by atoms with Crippen molar-refractivity contribution < 1.29 is 9.90 Å². The smallest absolute Gasteiger partial charge is 0.317 e. The average molecular weight is 313 g/mol. The van der Waals surface area contributed by atoms with Crippen molar-refractivity contribution >= 4 is 17.7 Å². The van der Waals surface area contributed by atoms with Gasteiger partial charge in [0.1, 0.15) is 0 Å². The summed E-state index contributed by atoms with van der Waals surface area (Å²) in [5.74, 6) is 0.908. The van der Waals surface area contributed by atoms with Crippen LogP contribution in [0.25, 0.3) is 0 Å². The molecule has 3 rings (SSSR count). The second-order valence-corrected chi connectivity index (χ2v) is 6.58. The number of rotatable bonds is 5. The highest BCUT2D eigenvalue weighted by Gasteiger charge is 2.30. The summed E-state index contributed by atoms with van der Waals surface area (Å²) in [7, 11) is 0. The largest absolute Gasteiger partial charge is 0.480 e. The van der Waals surface area contributed by atoms with Crippen LogP contribution in [-0.4, -0.2) is 29.9 Å². The molecule has 2 aromatic rings. The van der Waals surface area contributed by atoms with Gasteiger partial charge in [-0.3, -0.25) is 4.79 Å². The molecule has 0 saturated carbocycles. The van der Waals surface area contributed by atoms with E-state index in [1.807, 2.05) is 17.8 Å². The Morgan fingerprint density at radius 2 is 1.86 bits per heavy atom. The van der Waals surface area contributed by atoms with Gasteiger partial charge < -0.3 is 10.4 Å². The molecule has 1 aliphatic rings. The van der Waals surface area contributed by atoms with E-state index in [1.165, 1.54) is 16.0 Å². The van der Waals surface area contributed by atoms with Crippen molar-refractivity contribution in [3.8, 4) is 0 Å². The minimum Gasteiger partial charge on any atom is -0.480 e. The number of hydrogen-bond donors (Lipinski definition) is 2. The van der Waals surface area contributed by atoms with Gasteiger partial charge in [0.15, 0.2) is 0 Å². The van der Waals surface area contributed by atoms with Crippen LogP contribution in [0, 0.1) is 5.92 Å². The molecule has 0 fully saturated rings. The fourth-order valence-corrected chi connectivity index (χ4v) is 4.31. The molecule has 2 aromatic carbocycles. The molecular formula is C18H19NO2S. The molecule has 0 spiro atoms. The highest BCUT2D eigenvalue weighted by atomic mass is 32.2. The van der Waals surface area contributed by atoms with Crippen LogP contribution in [-0.2, 0) is 4.79 Å². The maximum absolute atomic E-state index is 10.7. The number of carboxylic acid groups (broad SMARTS) is 1. The van der Waals surface area contributed by atoms with E-state index < -0.39 is 5.97 Å². The number of thioether (sulfide) groups is 1. The van der Waals surface area contributed by atoms with Gasteiger partial charge >= 0.3 is 5.97 Å². The van der Waals surface area contributed by atoms with Gasteiger partial charge in [-0.15, -0.1) is 11.8 Å². The van der Waals surface area contributed by atoms with E-state index in [9.17, 15) is 4.79 Å². The van der Waals surface area contributed by atoms with Crippen LogP contribution in [0.15, 0.2) is 59.5 Å². The summed E-state index contributed by atoms with van der Waals surface area (Å²) in [6, 6.07) is 19.1. The van der Waals surface area contributed by atoms with E-state index in [1.54, 1.807) is 0 Å². The quantitative estimate of drug-likeness (QED) is 0.890. The van der Waals surface area contributed by atoms with Gasteiger partial charge in [0.2, 0.25) is 0 Å². The Labute approximate surface area is 134 Å². The molecule has 1 heterocycles. The molecule has 0 bridgehead atoms. The van der Waals surface area contributed by atoms with Crippen molar-refractivity contribution in [3.63, 3.8) is 0 Å². The summed E-state index contributed by atoms with van der Waals surface area (Å²) >= 11 is 1.87. The summed E-state index contributed by atoms with van der Waals surface area (Å²) in [5.41, 5.74) is 2.66. The minimum absolute atomic E-state index is 0.0182. The zero-order chi connectivity index (χ0) is 15.4. The van der Waals surface area contributed by atoms with Crippen LogP contribution in [0.3, 0.4) is 0 Å². The maximum atomic E-state index is 10.7. The first-order valence-electron chi connectivity index (χ1n) is 7.45. The normalized spacial score (nSPS) is 20.4. The van der Waals surface area contributed by atoms with Gasteiger partial charge in [0.05, 0.1) is 6.54 Å². The van der Waals surface area contributed by atoms with Crippen LogP contribution in [0.4, 0.5) is 0 Å². The van der Waals surface area contributed by atoms with E-state index in [4.69, 9.17) is 5.11 Å². The third-order valence-corrected chi connectivity index (χ3v) is 5.30. The number of nitrogens with one attached hydrogen (secondary N) is 1. The van der Waals surface area contributed by atoms with Crippen LogP contribution in [0.1, 0.15) is 17.0 Å². The van der Waals surface area contributed by atoms with E-state index >= 15 is 0 Å². The second-order valence-electron chi connectivity index (χ2n) is 5.52.